The zero-order valence-electron chi connectivity index (χ0n) is 10.00. The number of halogens is 1. The second-order valence-electron chi connectivity index (χ2n) is 3.81. The van der Waals surface area contributed by atoms with Gasteiger partial charge in [0.2, 0.25) is 0 Å². The number of hydrogen-bond acceptors (Lipinski definition) is 3. The fraction of sp³-hybridized carbons (Fsp3) is 0.417. The standard InChI is InChI=1S/C12H17ClN2OS/c1-3-17-7-8(2)15-12(16)9-4-10(13)6-11(14)5-9/h4-6,8H,3,7,14H2,1-2H3,(H,15,16). The number of carbonyl (C=O) groups excluding carboxylic acids is 1. The van der Waals surface area contributed by atoms with Crippen molar-refractivity contribution in [1.29, 1.82) is 0 Å². The maximum absolute atomic E-state index is 11.9. The van der Waals surface area contributed by atoms with Crippen molar-refractivity contribution in [1.82, 2.24) is 5.32 Å². The van der Waals surface area contributed by atoms with Gasteiger partial charge in [0.05, 0.1) is 0 Å². The summed E-state index contributed by atoms with van der Waals surface area (Å²) in [7, 11) is 0. The number of thioether (sulfide) groups is 1. The average Bonchev–Trinajstić information content (AvgIpc) is 2.25. The van der Waals surface area contributed by atoms with Crippen molar-refractivity contribution in [2.75, 3.05) is 17.2 Å². The first-order valence-corrected chi connectivity index (χ1v) is 7.01. The Morgan fingerprint density at radius 2 is 2.24 bits per heavy atom. The smallest absolute Gasteiger partial charge is 0.251 e. The van der Waals surface area contributed by atoms with Crippen LogP contribution in [0.2, 0.25) is 5.02 Å². The van der Waals surface area contributed by atoms with E-state index >= 15 is 0 Å². The zero-order chi connectivity index (χ0) is 12.8. The molecule has 0 spiro atoms. The minimum atomic E-state index is -0.136. The molecule has 1 aromatic rings. The Morgan fingerprint density at radius 3 is 2.82 bits per heavy atom. The molecule has 0 aliphatic heterocycles. The number of carbonyl (C=O) groups is 1. The van der Waals surface area contributed by atoms with Crippen molar-refractivity contribution in [2.45, 2.75) is 19.9 Å². The highest BCUT2D eigenvalue weighted by Crippen LogP contribution is 2.16. The normalized spacial score (nSPS) is 12.2. The molecule has 0 radical (unpaired) electrons. The predicted octanol–water partition coefficient (Wildman–Crippen LogP) is 2.79. The van der Waals surface area contributed by atoms with Crippen LogP contribution in [0.1, 0.15) is 24.2 Å². The van der Waals surface area contributed by atoms with Gasteiger partial charge in [-0.05, 0) is 30.9 Å². The molecular weight excluding hydrogens is 256 g/mol. The highest BCUT2D eigenvalue weighted by atomic mass is 35.5. The Labute approximate surface area is 111 Å². The first-order valence-electron chi connectivity index (χ1n) is 5.47. The summed E-state index contributed by atoms with van der Waals surface area (Å²) in [5.41, 5.74) is 6.64. The molecule has 3 nitrogen and oxygen atoms in total. The van der Waals surface area contributed by atoms with E-state index in [1.165, 1.54) is 0 Å². The van der Waals surface area contributed by atoms with Gasteiger partial charge in [-0.1, -0.05) is 18.5 Å². The van der Waals surface area contributed by atoms with E-state index in [0.717, 1.165) is 11.5 Å². The van der Waals surface area contributed by atoms with E-state index in [0.29, 0.717) is 16.3 Å². The topological polar surface area (TPSA) is 55.1 Å². The number of benzene rings is 1. The molecule has 0 aliphatic rings. The number of hydrogen-bond donors (Lipinski definition) is 2. The van der Waals surface area contributed by atoms with Gasteiger partial charge in [-0.2, -0.15) is 11.8 Å². The lowest BCUT2D eigenvalue weighted by Gasteiger charge is -2.13. The van der Waals surface area contributed by atoms with Crippen molar-refractivity contribution in [3.63, 3.8) is 0 Å². The minimum Gasteiger partial charge on any atom is -0.399 e. The molecule has 0 saturated carbocycles. The molecule has 0 aromatic heterocycles. The molecule has 1 amide bonds. The maximum Gasteiger partial charge on any atom is 0.251 e. The number of nitrogen functional groups attached to an aromatic ring is 1. The highest BCUT2D eigenvalue weighted by Gasteiger charge is 2.10. The molecule has 1 rings (SSSR count). The van der Waals surface area contributed by atoms with Gasteiger partial charge in [0.25, 0.3) is 5.91 Å². The molecule has 1 unspecified atom stereocenters. The summed E-state index contributed by atoms with van der Waals surface area (Å²) in [6.07, 6.45) is 0. The Bertz CT molecular complexity index is 378. The summed E-state index contributed by atoms with van der Waals surface area (Å²) in [5.74, 6) is 1.81. The zero-order valence-corrected chi connectivity index (χ0v) is 11.6. The second-order valence-corrected chi connectivity index (χ2v) is 5.56. The molecule has 1 atom stereocenters. The Hall–Kier alpha value is -0.870. The van der Waals surface area contributed by atoms with Gasteiger partial charge in [0.1, 0.15) is 0 Å². The van der Waals surface area contributed by atoms with Gasteiger partial charge in [-0.3, -0.25) is 4.79 Å². The van der Waals surface area contributed by atoms with Crippen LogP contribution < -0.4 is 11.1 Å². The molecule has 17 heavy (non-hydrogen) atoms. The lowest BCUT2D eigenvalue weighted by atomic mass is 10.2. The Balaban J connectivity index is 2.63. The summed E-state index contributed by atoms with van der Waals surface area (Å²) in [4.78, 5) is 11.9. The van der Waals surface area contributed by atoms with Crippen LogP contribution in [0.5, 0.6) is 0 Å². The lowest BCUT2D eigenvalue weighted by molar-refractivity contribution is 0.0944. The van der Waals surface area contributed by atoms with E-state index < -0.39 is 0 Å². The Kier molecular flexibility index (Phi) is 5.65. The molecule has 1 aromatic carbocycles. The lowest BCUT2D eigenvalue weighted by Crippen LogP contribution is -2.34. The predicted molar refractivity (Wildman–Crippen MR) is 75.8 cm³/mol. The van der Waals surface area contributed by atoms with Crippen LogP contribution in [-0.2, 0) is 0 Å². The van der Waals surface area contributed by atoms with Gasteiger partial charge in [-0.15, -0.1) is 0 Å². The summed E-state index contributed by atoms with van der Waals surface area (Å²) in [6, 6.07) is 5.00. The van der Waals surface area contributed by atoms with Crippen LogP contribution >= 0.6 is 23.4 Å². The molecule has 0 heterocycles. The van der Waals surface area contributed by atoms with E-state index in [4.69, 9.17) is 17.3 Å². The molecule has 3 N–H and O–H groups in total. The fourth-order valence-corrected chi connectivity index (χ4v) is 2.30. The third kappa shape index (κ3) is 4.88. The third-order valence-electron chi connectivity index (χ3n) is 2.13. The number of nitrogens with one attached hydrogen (secondary N) is 1. The molecule has 94 valence electrons. The summed E-state index contributed by atoms with van der Waals surface area (Å²) in [5, 5.41) is 3.39. The van der Waals surface area contributed by atoms with Gasteiger partial charge in [0.15, 0.2) is 0 Å². The fourth-order valence-electron chi connectivity index (χ4n) is 1.39. The van der Waals surface area contributed by atoms with Crippen LogP contribution in [0.4, 0.5) is 5.69 Å². The number of amides is 1. The first-order chi connectivity index (χ1) is 8.02. The first kappa shape index (κ1) is 14.2. The van der Waals surface area contributed by atoms with Gasteiger partial charge >= 0.3 is 0 Å². The second kappa shape index (κ2) is 6.77. The van der Waals surface area contributed by atoms with E-state index in [2.05, 4.69) is 12.2 Å². The van der Waals surface area contributed by atoms with Crippen LogP contribution in [-0.4, -0.2) is 23.5 Å². The van der Waals surface area contributed by atoms with Crippen LogP contribution in [0, 0.1) is 0 Å². The van der Waals surface area contributed by atoms with Crippen LogP contribution in [0.25, 0.3) is 0 Å². The quantitative estimate of drug-likeness (QED) is 0.811. The van der Waals surface area contributed by atoms with Gasteiger partial charge in [0, 0.05) is 28.1 Å². The van der Waals surface area contributed by atoms with Crippen molar-refractivity contribution in [3.8, 4) is 0 Å². The van der Waals surface area contributed by atoms with Crippen molar-refractivity contribution in [3.05, 3.63) is 28.8 Å². The molecule has 0 aliphatic carbocycles. The maximum atomic E-state index is 11.9. The monoisotopic (exact) mass is 272 g/mol. The van der Waals surface area contributed by atoms with E-state index in [-0.39, 0.29) is 11.9 Å². The summed E-state index contributed by atoms with van der Waals surface area (Å²) in [6.45, 7) is 4.07. The number of rotatable bonds is 5. The van der Waals surface area contributed by atoms with Gasteiger partial charge < -0.3 is 11.1 Å². The van der Waals surface area contributed by atoms with E-state index in [1.54, 1.807) is 30.0 Å². The van der Waals surface area contributed by atoms with Crippen molar-refractivity contribution in [2.24, 2.45) is 0 Å². The molecule has 0 fully saturated rings. The largest absolute Gasteiger partial charge is 0.399 e. The highest BCUT2D eigenvalue weighted by molar-refractivity contribution is 7.99. The molecule has 0 saturated heterocycles. The summed E-state index contributed by atoms with van der Waals surface area (Å²) >= 11 is 7.64. The third-order valence-corrected chi connectivity index (χ3v) is 3.49. The molecule has 0 bridgehead atoms. The molecule has 5 heteroatoms. The summed E-state index contributed by atoms with van der Waals surface area (Å²) < 4.78 is 0. The Morgan fingerprint density at radius 1 is 1.53 bits per heavy atom. The SMILES string of the molecule is CCSCC(C)NC(=O)c1cc(N)cc(Cl)c1. The minimum absolute atomic E-state index is 0.132. The van der Waals surface area contributed by atoms with Gasteiger partial charge in [-0.25, -0.2) is 0 Å². The molecular formula is C12H17ClN2OS. The van der Waals surface area contributed by atoms with Crippen LogP contribution in [0.3, 0.4) is 0 Å². The van der Waals surface area contributed by atoms with E-state index in [1.807, 2.05) is 6.92 Å². The van der Waals surface area contributed by atoms with Crippen molar-refractivity contribution >= 4 is 35.0 Å². The number of anilines is 1. The van der Waals surface area contributed by atoms with Crippen molar-refractivity contribution < 1.29 is 4.79 Å². The van der Waals surface area contributed by atoms with Crippen LogP contribution in [0.15, 0.2) is 18.2 Å². The average molecular weight is 273 g/mol. The number of nitrogens with two attached hydrogens (primary N) is 1. The van der Waals surface area contributed by atoms with E-state index in [9.17, 15) is 4.79 Å².